The summed E-state index contributed by atoms with van der Waals surface area (Å²) in [4.78, 5) is 0. The number of nitrogens with one attached hydrogen (secondary N) is 1. The first-order valence-electron chi connectivity index (χ1n) is 7.08. The predicted octanol–water partition coefficient (Wildman–Crippen LogP) is 3.32. The van der Waals surface area contributed by atoms with E-state index in [1.54, 1.807) is 14.2 Å². The van der Waals surface area contributed by atoms with Crippen LogP contribution in [0.5, 0.6) is 11.5 Å². The largest absolute Gasteiger partial charge is 0.493 e. The van der Waals surface area contributed by atoms with Crippen LogP contribution in [-0.4, -0.2) is 20.8 Å². The number of benzene rings is 1. The van der Waals surface area contributed by atoms with E-state index in [1.807, 2.05) is 0 Å². The summed E-state index contributed by atoms with van der Waals surface area (Å²) in [7, 11) is 3.38. The zero-order chi connectivity index (χ0) is 14.0. The van der Waals surface area contributed by atoms with Gasteiger partial charge in [0.15, 0.2) is 11.5 Å². The van der Waals surface area contributed by atoms with E-state index in [0.29, 0.717) is 6.04 Å². The molecule has 0 saturated heterocycles. The second-order valence-electron chi connectivity index (χ2n) is 5.48. The Morgan fingerprint density at radius 3 is 2.32 bits per heavy atom. The lowest BCUT2D eigenvalue weighted by atomic mass is 9.96. The Hall–Kier alpha value is -1.22. The van der Waals surface area contributed by atoms with Crippen molar-refractivity contribution in [2.75, 3.05) is 20.8 Å². The summed E-state index contributed by atoms with van der Waals surface area (Å²) >= 11 is 0. The number of aryl methyl sites for hydroxylation is 1. The topological polar surface area (TPSA) is 30.5 Å². The minimum Gasteiger partial charge on any atom is -0.493 e. The van der Waals surface area contributed by atoms with E-state index in [1.165, 1.54) is 17.5 Å². The van der Waals surface area contributed by atoms with Gasteiger partial charge in [0.2, 0.25) is 0 Å². The van der Waals surface area contributed by atoms with Crippen molar-refractivity contribution in [1.29, 1.82) is 0 Å². The van der Waals surface area contributed by atoms with Crippen molar-refractivity contribution in [3.8, 4) is 11.5 Å². The maximum atomic E-state index is 5.43. The molecule has 1 aromatic carbocycles. The Morgan fingerprint density at radius 1 is 1.26 bits per heavy atom. The van der Waals surface area contributed by atoms with Crippen LogP contribution >= 0.6 is 0 Å². The van der Waals surface area contributed by atoms with E-state index in [-0.39, 0.29) is 0 Å². The summed E-state index contributed by atoms with van der Waals surface area (Å²) in [6.45, 7) is 7.62. The van der Waals surface area contributed by atoms with Crippen LogP contribution in [0, 0.1) is 18.8 Å². The lowest BCUT2D eigenvalue weighted by Gasteiger charge is -2.22. The SMILES string of the molecule is CCNC(c1cc(OC)c(OC)cc1C)C1CC1C. The number of hydrogen-bond acceptors (Lipinski definition) is 3. The number of methoxy groups -OCH3 is 2. The van der Waals surface area contributed by atoms with Crippen LogP contribution in [-0.2, 0) is 0 Å². The van der Waals surface area contributed by atoms with Crippen LogP contribution in [0.3, 0.4) is 0 Å². The average Bonchev–Trinajstić information content (AvgIpc) is 3.13. The van der Waals surface area contributed by atoms with Gasteiger partial charge < -0.3 is 14.8 Å². The average molecular weight is 263 g/mol. The number of hydrogen-bond donors (Lipinski definition) is 1. The van der Waals surface area contributed by atoms with E-state index in [4.69, 9.17) is 9.47 Å². The molecule has 1 aromatic rings. The van der Waals surface area contributed by atoms with Crippen LogP contribution in [0.4, 0.5) is 0 Å². The monoisotopic (exact) mass is 263 g/mol. The molecular weight excluding hydrogens is 238 g/mol. The molecule has 0 amide bonds. The minimum atomic E-state index is 0.430. The third-order valence-corrected chi connectivity index (χ3v) is 4.13. The summed E-state index contributed by atoms with van der Waals surface area (Å²) in [6, 6.07) is 4.64. The molecule has 0 aromatic heterocycles. The van der Waals surface area contributed by atoms with Crippen molar-refractivity contribution < 1.29 is 9.47 Å². The predicted molar refractivity (Wildman–Crippen MR) is 78.0 cm³/mol. The highest BCUT2D eigenvalue weighted by Gasteiger charge is 2.40. The summed E-state index contributed by atoms with van der Waals surface area (Å²) in [5.74, 6) is 3.19. The van der Waals surface area contributed by atoms with Gasteiger partial charge in [-0.15, -0.1) is 0 Å². The molecule has 1 fully saturated rings. The molecule has 1 N–H and O–H groups in total. The van der Waals surface area contributed by atoms with Crippen molar-refractivity contribution in [2.24, 2.45) is 11.8 Å². The molecule has 0 spiro atoms. The van der Waals surface area contributed by atoms with Crippen molar-refractivity contribution in [3.05, 3.63) is 23.3 Å². The Balaban J connectivity index is 2.36. The van der Waals surface area contributed by atoms with Gasteiger partial charge in [-0.3, -0.25) is 0 Å². The Labute approximate surface area is 116 Å². The minimum absolute atomic E-state index is 0.430. The molecule has 3 heteroatoms. The van der Waals surface area contributed by atoms with E-state index < -0.39 is 0 Å². The number of ether oxygens (including phenoxy) is 2. The fraction of sp³-hybridized carbons (Fsp3) is 0.625. The van der Waals surface area contributed by atoms with E-state index in [2.05, 4.69) is 38.2 Å². The molecule has 0 bridgehead atoms. The lowest BCUT2D eigenvalue weighted by Crippen LogP contribution is -2.24. The highest BCUT2D eigenvalue weighted by Crippen LogP contribution is 2.48. The molecule has 3 unspecified atom stereocenters. The molecule has 0 heterocycles. The third kappa shape index (κ3) is 2.86. The van der Waals surface area contributed by atoms with Crippen LogP contribution in [0.25, 0.3) is 0 Å². The summed E-state index contributed by atoms with van der Waals surface area (Å²) < 4.78 is 10.8. The van der Waals surface area contributed by atoms with E-state index in [0.717, 1.165) is 29.9 Å². The molecule has 3 atom stereocenters. The molecule has 3 nitrogen and oxygen atoms in total. The maximum Gasteiger partial charge on any atom is 0.161 e. The van der Waals surface area contributed by atoms with E-state index in [9.17, 15) is 0 Å². The fourth-order valence-corrected chi connectivity index (χ4v) is 2.86. The van der Waals surface area contributed by atoms with Crippen LogP contribution < -0.4 is 14.8 Å². The van der Waals surface area contributed by atoms with Gasteiger partial charge >= 0.3 is 0 Å². The Kier molecular flexibility index (Phi) is 4.35. The van der Waals surface area contributed by atoms with Gasteiger partial charge in [0.1, 0.15) is 0 Å². The van der Waals surface area contributed by atoms with Crippen LogP contribution in [0.2, 0.25) is 0 Å². The first-order chi connectivity index (χ1) is 9.12. The molecule has 2 rings (SSSR count). The van der Waals surface area contributed by atoms with Gasteiger partial charge in [0, 0.05) is 6.04 Å². The van der Waals surface area contributed by atoms with Crippen LogP contribution in [0.15, 0.2) is 12.1 Å². The molecule has 0 radical (unpaired) electrons. The van der Waals surface area contributed by atoms with Gasteiger partial charge in [0.25, 0.3) is 0 Å². The zero-order valence-corrected chi connectivity index (χ0v) is 12.6. The van der Waals surface area contributed by atoms with Gasteiger partial charge in [0.05, 0.1) is 14.2 Å². The van der Waals surface area contributed by atoms with Crippen molar-refractivity contribution >= 4 is 0 Å². The van der Waals surface area contributed by atoms with Crippen molar-refractivity contribution in [2.45, 2.75) is 33.2 Å². The molecular formula is C16H25NO2. The third-order valence-electron chi connectivity index (χ3n) is 4.13. The molecule has 1 saturated carbocycles. The summed E-state index contributed by atoms with van der Waals surface area (Å²) in [6.07, 6.45) is 1.31. The fourth-order valence-electron chi connectivity index (χ4n) is 2.86. The molecule has 106 valence electrons. The van der Waals surface area contributed by atoms with E-state index >= 15 is 0 Å². The highest BCUT2D eigenvalue weighted by molar-refractivity contribution is 5.48. The maximum absolute atomic E-state index is 5.43. The van der Waals surface area contributed by atoms with Gasteiger partial charge in [-0.2, -0.15) is 0 Å². The Morgan fingerprint density at radius 2 is 1.84 bits per heavy atom. The van der Waals surface area contributed by atoms with Gasteiger partial charge in [-0.1, -0.05) is 13.8 Å². The Bertz CT molecular complexity index is 445. The molecule has 1 aliphatic carbocycles. The van der Waals surface area contributed by atoms with Crippen molar-refractivity contribution in [3.63, 3.8) is 0 Å². The molecule has 0 aliphatic heterocycles. The summed E-state index contributed by atoms with van der Waals surface area (Å²) in [5, 5.41) is 3.62. The first kappa shape index (κ1) is 14.2. The number of rotatable bonds is 6. The smallest absolute Gasteiger partial charge is 0.161 e. The first-order valence-corrected chi connectivity index (χ1v) is 7.08. The normalized spacial score (nSPS) is 23.0. The van der Waals surface area contributed by atoms with Gasteiger partial charge in [-0.05, 0) is 55.0 Å². The van der Waals surface area contributed by atoms with Gasteiger partial charge in [-0.25, -0.2) is 0 Å². The molecule has 19 heavy (non-hydrogen) atoms. The zero-order valence-electron chi connectivity index (χ0n) is 12.6. The molecule has 1 aliphatic rings. The van der Waals surface area contributed by atoms with Crippen molar-refractivity contribution in [1.82, 2.24) is 5.32 Å². The summed E-state index contributed by atoms with van der Waals surface area (Å²) in [5.41, 5.74) is 2.61. The lowest BCUT2D eigenvalue weighted by molar-refractivity contribution is 0.352. The second kappa shape index (κ2) is 5.83. The second-order valence-corrected chi connectivity index (χ2v) is 5.48. The van der Waals surface area contributed by atoms with Crippen LogP contribution in [0.1, 0.15) is 37.4 Å². The highest BCUT2D eigenvalue weighted by atomic mass is 16.5. The quantitative estimate of drug-likeness (QED) is 0.854. The standard InChI is InChI=1S/C16H25NO2/c1-6-17-16(12-7-10(12)2)13-9-15(19-5)14(18-4)8-11(13)3/h8-10,12,16-17H,6-7H2,1-5H3.